The van der Waals surface area contributed by atoms with Crippen LogP contribution in [0, 0.1) is 50.2 Å². The third-order valence-corrected chi connectivity index (χ3v) is 20.6. The first-order valence-corrected chi connectivity index (χ1v) is 27.2. The average molecular weight is 1120 g/mol. The molecular weight excluding hydrogens is 1030 g/mol. The monoisotopic (exact) mass is 1120 g/mol. The molecule has 3 heterocycles. The average Bonchev–Trinajstić information content (AvgIpc) is 2.11. The number of esters is 2. The van der Waals surface area contributed by atoms with Crippen molar-refractivity contribution in [2.45, 2.75) is 217 Å². The number of carbonyl (C=O) groups excluding carboxylic acids is 2. The van der Waals surface area contributed by atoms with Crippen LogP contribution >= 0.6 is 0 Å². The van der Waals surface area contributed by atoms with Gasteiger partial charge in [0, 0.05) is 23.3 Å². The zero-order chi connectivity index (χ0) is 57.7. The van der Waals surface area contributed by atoms with Gasteiger partial charge in [0.25, 0.3) is 0 Å². The lowest BCUT2D eigenvalue weighted by Crippen LogP contribution is -2.73. The summed E-state index contributed by atoms with van der Waals surface area (Å²) in [5, 5.41) is 145. The van der Waals surface area contributed by atoms with Crippen LogP contribution in [0.4, 0.5) is 0 Å². The van der Waals surface area contributed by atoms with Crippen LogP contribution in [-0.2, 0) is 52.3 Å². The molecule has 0 bridgehead atoms. The summed E-state index contributed by atoms with van der Waals surface area (Å²) < 4.78 is 47.7. The van der Waals surface area contributed by atoms with E-state index in [9.17, 15) is 80.8 Å². The molecule has 0 aromatic carbocycles. The van der Waals surface area contributed by atoms with Gasteiger partial charge in [-0.15, -0.1) is 0 Å². The molecule has 8 aliphatic rings. The van der Waals surface area contributed by atoms with E-state index in [2.05, 4.69) is 26.8 Å². The first-order valence-electron chi connectivity index (χ1n) is 27.2. The largest absolute Gasteiger partial charge is 0.479 e. The van der Waals surface area contributed by atoms with Crippen molar-refractivity contribution in [3.05, 3.63) is 23.3 Å². The zero-order valence-electron chi connectivity index (χ0n) is 45.7. The van der Waals surface area contributed by atoms with Gasteiger partial charge in [0.05, 0.1) is 50.2 Å². The summed E-state index contributed by atoms with van der Waals surface area (Å²) in [6, 6.07) is 0. The van der Waals surface area contributed by atoms with Crippen LogP contribution in [0.1, 0.15) is 101 Å². The number of aliphatic carboxylic acids is 1. The molecule has 24 nitrogen and oxygen atoms in total. The molecule has 0 amide bonds. The van der Waals surface area contributed by atoms with Crippen LogP contribution in [0.5, 0.6) is 0 Å². The molecule has 8 rings (SSSR count). The molecule has 0 radical (unpaired) electrons. The van der Waals surface area contributed by atoms with Gasteiger partial charge in [0.15, 0.2) is 25.0 Å². The van der Waals surface area contributed by atoms with Crippen LogP contribution in [0.2, 0.25) is 0 Å². The Hall–Kier alpha value is -2.83. The molecule has 78 heavy (non-hydrogen) atoms. The number of carboxylic acids is 1. The predicted molar refractivity (Wildman–Crippen MR) is 264 cm³/mol. The maximum Gasteiger partial charge on any atom is 0.335 e. The molecule has 4 saturated carbocycles. The Labute approximate surface area is 452 Å². The third-order valence-electron chi connectivity index (χ3n) is 20.6. The van der Waals surface area contributed by atoms with Gasteiger partial charge in [0.2, 0.25) is 0 Å². The van der Waals surface area contributed by atoms with Crippen LogP contribution in [0.25, 0.3) is 0 Å². The molecular formula is C54H84O24. The lowest BCUT2D eigenvalue weighted by Gasteiger charge is -2.73. The fourth-order valence-corrected chi connectivity index (χ4v) is 16.1. The van der Waals surface area contributed by atoms with E-state index in [-0.39, 0.29) is 18.8 Å². The lowest BCUT2D eigenvalue weighted by atomic mass is 9.32. The van der Waals surface area contributed by atoms with E-state index in [0.29, 0.717) is 31.3 Å². The molecule has 3 unspecified atom stereocenters. The minimum atomic E-state index is -2.20. The second kappa shape index (κ2) is 22.1. The number of aliphatic hydroxyl groups is 12. The molecule has 444 valence electrons. The van der Waals surface area contributed by atoms with E-state index < -0.39 is 205 Å². The predicted octanol–water partition coefficient (Wildman–Crippen LogP) is -1.71. The van der Waals surface area contributed by atoms with Crippen LogP contribution < -0.4 is 0 Å². The number of hydrogen-bond acceptors (Lipinski definition) is 23. The lowest BCUT2D eigenvalue weighted by molar-refractivity contribution is -0.391. The Bertz CT molecular complexity index is 2280. The highest BCUT2D eigenvalue weighted by Gasteiger charge is 2.75. The Kier molecular flexibility index (Phi) is 17.3. The van der Waals surface area contributed by atoms with E-state index in [1.165, 1.54) is 6.92 Å². The molecule has 27 atom stereocenters. The molecule has 3 saturated heterocycles. The second-order valence-corrected chi connectivity index (χ2v) is 25.3. The number of carbonyl (C=O) groups is 3. The van der Waals surface area contributed by atoms with Crippen molar-refractivity contribution in [3.63, 3.8) is 0 Å². The summed E-state index contributed by atoms with van der Waals surface area (Å²) in [6.45, 7) is 13.8. The van der Waals surface area contributed by atoms with Crippen molar-refractivity contribution >= 4 is 17.9 Å². The number of ether oxygens (including phenoxy) is 8. The molecule has 0 aromatic rings. The van der Waals surface area contributed by atoms with Crippen LogP contribution in [0.3, 0.4) is 0 Å². The van der Waals surface area contributed by atoms with Crippen molar-refractivity contribution in [2.75, 3.05) is 26.4 Å². The normalized spacial score (nSPS) is 51.1. The summed E-state index contributed by atoms with van der Waals surface area (Å²) in [6.07, 6.45) is -27.7. The van der Waals surface area contributed by atoms with E-state index >= 15 is 0 Å². The van der Waals surface area contributed by atoms with Gasteiger partial charge < -0.3 is 104 Å². The van der Waals surface area contributed by atoms with Crippen LogP contribution in [-0.4, -0.2) is 227 Å². The fourth-order valence-electron chi connectivity index (χ4n) is 16.1. The SMILES string of the molecule is C/C=C(\C)C(=O)O[C@H]1[C@H](OC(C)=O)[C@@]2(CO)C(CC1(C)C)C1=CCC3[C@@]4(C)C[C@@H](O)[C@H](O[C@@H]5O[C@H](C(=O)O)[C@@H](O[C@@H]6O[C@H](CO)[C@@H](O)[C@H](O)[C@H]6O)[C@H](O)[C@H]5O[C@@H]5OC[C@@H](O)[C@H](O)[C@H]5O)[C@](C)(CO)C4CC[C@@]3(C)[C@]1(C)C[C@H]2O. The summed E-state index contributed by atoms with van der Waals surface area (Å²) in [7, 11) is 0. The van der Waals surface area contributed by atoms with Gasteiger partial charge in [-0.3, -0.25) is 4.79 Å². The van der Waals surface area contributed by atoms with Crippen LogP contribution in [0.15, 0.2) is 23.3 Å². The quantitative estimate of drug-likeness (QED) is 0.0423. The molecule has 7 fully saturated rings. The fraction of sp³-hybridized carbons (Fsp3) is 0.870. The first-order chi connectivity index (χ1) is 36.4. The maximum atomic E-state index is 13.4. The first kappa shape index (κ1) is 61.2. The molecule has 0 spiro atoms. The van der Waals surface area contributed by atoms with E-state index in [1.807, 2.05) is 13.8 Å². The minimum absolute atomic E-state index is 0.0464. The number of rotatable bonds is 13. The van der Waals surface area contributed by atoms with Crippen molar-refractivity contribution in [3.8, 4) is 0 Å². The maximum absolute atomic E-state index is 13.4. The van der Waals surface area contributed by atoms with E-state index in [0.717, 1.165) is 5.57 Å². The highest BCUT2D eigenvalue weighted by atomic mass is 16.8. The highest BCUT2D eigenvalue weighted by molar-refractivity contribution is 5.87. The molecule has 5 aliphatic carbocycles. The molecule has 0 aromatic heterocycles. The topological polar surface area (TPSA) is 388 Å². The van der Waals surface area contributed by atoms with E-state index in [1.54, 1.807) is 26.8 Å². The van der Waals surface area contributed by atoms with Gasteiger partial charge in [-0.1, -0.05) is 59.3 Å². The minimum Gasteiger partial charge on any atom is -0.479 e. The Morgan fingerprint density at radius 1 is 0.692 bits per heavy atom. The number of aliphatic hydroxyl groups excluding tert-OH is 12. The van der Waals surface area contributed by atoms with Crippen molar-refractivity contribution in [1.82, 2.24) is 0 Å². The Morgan fingerprint density at radius 3 is 1.95 bits per heavy atom. The highest BCUT2D eigenvalue weighted by Crippen LogP contribution is 2.76. The molecule has 3 aliphatic heterocycles. The van der Waals surface area contributed by atoms with Crippen molar-refractivity contribution in [2.24, 2.45) is 50.2 Å². The number of hydrogen-bond donors (Lipinski definition) is 13. The smallest absolute Gasteiger partial charge is 0.335 e. The summed E-state index contributed by atoms with van der Waals surface area (Å²) >= 11 is 0. The summed E-state index contributed by atoms with van der Waals surface area (Å²) in [5.41, 5.74) is -4.57. The van der Waals surface area contributed by atoms with E-state index in [4.69, 9.17) is 37.9 Å². The Morgan fingerprint density at radius 2 is 1.35 bits per heavy atom. The van der Waals surface area contributed by atoms with Gasteiger partial charge in [-0.25, -0.2) is 9.59 Å². The van der Waals surface area contributed by atoms with Crippen molar-refractivity contribution < 1.29 is 119 Å². The number of fused-ring (bicyclic) bond motifs is 7. The standard InChI is InChI=1S/C54H84O24/c1-10-22(2)45(70)77-42-43(72-23(3)58)54(21-57)25(15-49(42,4)5)24-11-12-30-50(6)16-26(59)41(51(7,20-56)29(50)13-14-52(30,8)53(24,9)17-31(54)61)78-48-39(75-46-35(65)32(62)27(60)19-71-46)37(67)38(40(76-48)44(68)69)74-47-36(66)34(64)33(63)28(18-55)73-47/h10-11,25-43,46-48,55-57,59-67H,12-21H2,1-9H3,(H,68,69)/b22-10+/t25?,26-,27-,28-,29?,30?,31-,32+,33-,34+,35-,36-,37+,38+,39-,40+,41+,42+,43+,46+,47+,48+,50+,51-,52-,53-,54+/m1/s1. The van der Waals surface area contributed by atoms with Gasteiger partial charge >= 0.3 is 17.9 Å². The third kappa shape index (κ3) is 9.61. The molecule has 13 N–H and O–H groups in total. The Balaban J connectivity index is 1.12. The van der Waals surface area contributed by atoms with Gasteiger partial charge in [-0.05, 0) is 86.4 Å². The van der Waals surface area contributed by atoms with Gasteiger partial charge in [0.1, 0.15) is 73.2 Å². The zero-order valence-corrected chi connectivity index (χ0v) is 45.7. The van der Waals surface area contributed by atoms with Gasteiger partial charge in [-0.2, -0.15) is 0 Å². The summed E-state index contributed by atoms with van der Waals surface area (Å²) in [5.74, 6) is -4.28. The number of allylic oxidation sites excluding steroid dienone is 3. The summed E-state index contributed by atoms with van der Waals surface area (Å²) in [4.78, 5) is 39.5. The second-order valence-electron chi connectivity index (χ2n) is 25.3. The van der Waals surface area contributed by atoms with Crippen molar-refractivity contribution in [1.29, 1.82) is 0 Å². The molecule has 24 heteroatoms. The number of carboxylic acid groups (broad SMARTS) is 1.